The molecule has 0 bridgehead atoms. The Labute approximate surface area is 182 Å². The summed E-state index contributed by atoms with van der Waals surface area (Å²) in [6, 6.07) is 9.44. The number of hydrogen-bond donors (Lipinski definition) is 0. The van der Waals surface area contributed by atoms with Gasteiger partial charge in [-0.15, -0.1) is 0 Å². The van der Waals surface area contributed by atoms with Crippen LogP contribution >= 0.6 is 0 Å². The molecule has 0 aliphatic heterocycles. The van der Waals surface area contributed by atoms with Gasteiger partial charge in [-0.05, 0) is 50.5 Å². The van der Waals surface area contributed by atoms with Crippen LogP contribution in [0.15, 0.2) is 30.3 Å². The monoisotopic (exact) mass is 419 g/mol. The van der Waals surface area contributed by atoms with E-state index in [4.69, 9.17) is 4.98 Å². The molecule has 1 fully saturated rings. The second kappa shape index (κ2) is 8.13. The number of aromatic nitrogens is 3. The second-order valence-corrected chi connectivity index (χ2v) is 8.49. The first kappa shape index (κ1) is 21.0. The number of benzene rings is 1. The maximum atomic E-state index is 13.6. The fraction of sp³-hybridized carbons (Fsp3) is 0.417. The van der Waals surface area contributed by atoms with Gasteiger partial charge < -0.3 is 9.80 Å². The van der Waals surface area contributed by atoms with Crippen molar-refractivity contribution in [1.29, 1.82) is 0 Å². The molecule has 2 amide bonds. The molecular formula is C24H29N5O2. The number of rotatable bonds is 6. The molecule has 1 aliphatic rings. The molecule has 1 aromatic carbocycles. The van der Waals surface area contributed by atoms with Crippen LogP contribution in [-0.2, 0) is 13.6 Å². The van der Waals surface area contributed by atoms with Crippen molar-refractivity contribution in [3.05, 3.63) is 58.4 Å². The summed E-state index contributed by atoms with van der Waals surface area (Å²) in [5.41, 5.74) is 4.88. The number of fused-ring (bicyclic) bond motifs is 1. The highest BCUT2D eigenvalue weighted by Gasteiger charge is 2.29. The Balaban J connectivity index is 1.65. The number of carbonyl (C=O) groups excluding carboxylic acids is 2. The van der Waals surface area contributed by atoms with E-state index in [1.54, 1.807) is 23.7 Å². The van der Waals surface area contributed by atoms with E-state index in [2.05, 4.69) is 5.10 Å². The van der Waals surface area contributed by atoms with Gasteiger partial charge in [0.15, 0.2) is 5.65 Å². The van der Waals surface area contributed by atoms with Gasteiger partial charge in [0, 0.05) is 51.4 Å². The first-order chi connectivity index (χ1) is 14.8. The molecule has 31 heavy (non-hydrogen) atoms. The molecule has 0 atom stereocenters. The topological polar surface area (TPSA) is 71.3 Å². The summed E-state index contributed by atoms with van der Waals surface area (Å²) in [5, 5.41) is 5.35. The molecule has 2 heterocycles. The van der Waals surface area contributed by atoms with Crippen LogP contribution in [0.5, 0.6) is 0 Å². The maximum Gasteiger partial charge on any atom is 0.255 e. The van der Waals surface area contributed by atoms with Crippen molar-refractivity contribution in [3.8, 4) is 0 Å². The molecule has 0 spiro atoms. The van der Waals surface area contributed by atoms with Crippen molar-refractivity contribution in [2.45, 2.75) is 39.2 Å². The van der Waals surface area contributed by atoms with Crippen molar-refractivity contribution in [1.82, 2.24) is 24.6 Å². The summed E-state index contributed by atoms with van der Waals surface area (Å²) in [6.45, 7) is 4.97. The standard InChI is InChI=1S/C24H29N5O2/c1-6-29(14-16-7-9-18(10-8-16)23(30)27(3)4)24(31)19-13-20(17-11-12-17)25-22-21(19)15(2)26-28(22)5/h7-10,13,17H,6,11-12,14H2,1-5H3. The molecule has 2 aromatic heterocycles. The number of carbonyl (C=O) groups is 2. The number of nitrogens with zero attached hydrogens (tertiary/aromatic N) is 5. The quantitative estimate of drug-likeness (QED) is 0.613. The van der Waals surface area contributed by atoms with Crippen molar-refractivity contribution >= 4 is 22.8 Å². The highest BCUT2D eigenvalue weighted by Crippen LogP contribution is 2.40. The van der Waals surface area contributed by atoms with Crippen molar-refractivity contribution in [2.24, 2.45) is 7.05 Å². The first-order valence-corrected chi connectivity index (χ1v) is 10.7. The molecule has 7 heteroatoms. The van der Waals surface area contributed by atoms with Crippen LogP contribution in [0.1, 0.15) is 63.4 Å². The van der Waals surface area contributed by atoms with Gasteiger partial charge in [-0.3, -0.25) is 14.3 Å². The zero-order chi connectivity index (χ0) is 22.3. The lowest BCUT2D eigenvalue weighted by Gasteiger charge is -2.22. The molecule has 0 saturated heterocycles. The third-order valence-corrected chi connectivity index (χ3v) is 5.86. The van der Waals surface area contributed by atoms with Gasteiger partial charge in [-0.2, -0.15) is 5.10 Å². The van der Waals surface area contributed by atoms with Gasteiger partial charge in [-0.25, -0.2) is 4.98 Å². The molecule has 7 nitrogen and oxygen atoms in total. The van der Waals surface area contributed by atoms with E-state index < -0.39 is 0 Å². The van der Waals surface area contributed by atoms with Crippen LogP contribution in [0.4, 0.5) is 0 Å². The smallest absolute Gasteiger partial charge is 0.255 e. The lowest BCUT2D eigenvalue weighted by Crippen LogP contribution is -2.30. The minimum Gasteiger partial charge on any atom is -0.345 e. The van der Waals surface area contributed by atoms with Gasteiger partial charge in [0.2, 0.25) is 0 Å². The second-order valence-electron chi connectivity index (χ2n) is 8.49. The van der Waals surface area contributed by atoms with E-state index in [1.165, 1.54) is 0 Å². The molecule has 1 saturated carbocycles. The summed E-state index contributed by atoms with van der Waals surface area (Å²) in [7, 11) is 5.35. The fourth-order valence-corrected chi connectivity index (χ4v) is 3.95. The van der Waals surface area contributed by atoms with Crippen molar-refractivity contribution < 1.29 is 9.59 Å². The van der Waals surface area contributed by atoms with E-state index in [0.29, 0.717) is 30.1 Å². The zero-order valence-corrected chi connectivity index (χ0v) is 18.8. The van der Waals surface area contributed by atoms with Crippen LogP contribution in [-0.4, -0.2) is 57.0 Å². The average molecular weight is 420 g/mol. The summed E-state index contributed by atoms with van der Waals surface area (Å²) in [4.78, 5) is 33.9. The Hall–Kier alpha value is -3.22. The minimum atomic E-state index is -0.0335. The minimum absolute atomic E-state index is 0.0126. The van der Waals surface area contributed by atoms with Crippen LogP contribution in [0.3, 0.4) is 0 Å². The summed E-state index contributed by atoms with van der Waals surface area (Å²) in [5.74, 6) is 0.401. The Morgan fingerprint density at radius 1 is 1.13 bits per heavy atom. The molecule has 4 rings (SSSR count). The van der Waals surface area contributed by atoms with Crippen LogP contribution in [0, 0.1) is 6.92 Å². The first-order valence-electron chi connectivity index (χ1n) is 10.7. The zero-order valence-electron chi connectivity index (χ0n) is 18.8. The van der Waals surface area contributed by atoms with E-state index in [1.807, 2.05) is 56.1 Å². The predicted molar refractivity (Wildman–Crippen MR) is 120 cm³/mol. The number of hydrogen-bond acceptors (Lipinski definition) is 4. The lowest BCUT2D eigenvalue weighted by molar-refractivity contribution is 0.0753. The molecule has 3 aromatic rings. The van der Waals surface area contributed by atoms with E-state index in [9.17, 15) is 9.59 Å². The van der Waals surface area contributed by atoms with Crippen molar-refractivity contribution in [2.75, 3.05) is 20.6 Å². The largest absolute Gasteiger partial charge is 0.345 e. The molecule has 0 N–H and O–H groups in total. The molecular weight excluding hydrogens is 390 g/mol. The van der Waals surface area contributed by atoms with Gasteiger partial charge >= 0.3 is 0 Å². The molecule has 0 radical (unpaired) electrons. The summed E-state index contributed by atoms with van der Waals surface area (Å²) < 4.78 is 1.77. The third kappa shape index (κ3) is 4.04. The Morgan fingerprint density at radius 2 is 1.81 bits per heavy atom. The Kier molecular flexibility index (Phi) is 5.52. The predicted octanol–water partition coefficient (Wildman–Crippen LogP) is 3.52. The lowest BCUT2D eigenvalue weighted by atomic mass is 10.1. The van der Waals surface area contributed by atoms with Crippen LogP contribution in [0.25, 0.3) is 11.0 Å². The molecule has 0 unspecified atom stereocenters. The third-order valence-electron chi connectivity index (χ3n) is 5.86. The van der Waals surface area contributed by atoms with Gasteiger partial charge in [0.25, 0.3) is 11.8 Å². The van der Waals surface area contributed by atoms with Gasteiger partial charge in [-0.1, -0.05) is 12.1 Å². The highest BCUT2D eigenvalue weighted by atomic mass is 16.2. The molecule has 1 aliphatic carbocycles. The Morgan fingerprint density at radius 3 is 2.39 bits per heavy atom. The van der Waals surface area contributed by atoms with Crippen LogP contribution < -0.4 is 0 Å². The number of pyridine rings is 1. The number of aryl methyl sites for hydroxylation is 2. The SMILES string of the molecule is CCN(Cc1ccc(C(=O)N(C)C)cc1)C(=O)c1cc(C2CC2)nc2c1c(C)nn2C. The summed E-state index contributed by atoms with van der Waals surface area (Å²) >= 11 is 0. The van der Waals surface area contributed by atoms with E-state index >= 15 is 0 Å². The van der Waals surface area contributed by atoms with Gasteiger partial charge in [0.1, 0.15) is 0 Å². The van der Waals surface area contributed by atoms with Crippen molar-refractivity contribution in [3.63, 3.8) is 0 Å². The fourth-order valence-electron chi connectivity index (χ4n) is 3.95. The molecule has 162 valence electrons. The maximum absolute atomic E-state index is 13.6. The van der Waals surface area contributed by atoms with E-state index in [0.717, 1.165) is 40.8 Å². The van der Waals surface area contributed by atoms with E-state index in [-0.39, 0.29) is 11.8 Å². The highest BCUT2D eigenvalue weighted by molar-refractivity contribution is 6.06. The average Bonchev–Trinajstić information content (AvgIpc) is 3.57. The Bertz CT molecular complexity index is 1140. The van der Waals surface area contributed by atoms with Crippen LogP contribution in [0.2, 0.25) is 0 Å². The normalized spacial score (nSPS) is 13.5. The number of amides is 2. The summed E-state index contributed by atoms with van der Waals surface area (Å²) in [6.07, 6.45) is 2.25. The van der Waals surface area contributed by atoms with Gasteiger partial charge in [0.05, 0.1) is 16.6 Å².